The van der Waals surface area contributed by atoms with Crippen LogP contribution in [0.5, 0.6) is 0 Å². The third-order valence-corrected chi connectivity index (χ3v) is 5.20. The van der Waals surface area contributed by atoms with Crippen molar-refractivity contribution in [2.75, 3.05) is 6.54 Å². The van der Waals surface area contributed by atoms with Crippen LogP contribution in [0.15, 0.2) is 23.2 Å². The SMILES string of the molecule is CCCCCC(=O)NNC1=NC[C@@H](Cc2cc(Cl)ccc2Cl)S1. The summed E-state index contributed by atoms with van der Waals surface area (Å²) in [6, 6.07) is 5.49. The smallest absolute Gasteiger partial charge is 0.238 e. The summed E-state index contributed by atoms with van der Waals surface area (Å²) >= 11 is 13.8. The number of thioether (sulfide) groups is 1. The number of benzene rings is 1. The molecule has 0 aliphatic carbocycles. The maximum atomic E-state index is 11.7. The van der Waals surface area contributed by atoms with Crippen LogP contribution in [0.1, 0.15) is 38.2 Å². The molecule has 7 heteroatoms. The molecule has 1 aliphatic heterocycles. The zero-order chi connectivity index (χ0) is 16.7. The van der Waals surface area contributed by atoms with E-state index in [9.17, 15) is 4.79 Å². The number of amidine groups is 1. The number of unbranched alkanes of at least 4 members (excludes halogenated alkanes) is 2. The minimum Gasteiger partial charge on any atom is -0.277 e. The average Bonchev–Trinajstić information content (AvgIpc) is 2.97. The van der Waals surface area contributed by atoms with Crippen molar-refractivity contribution in [1.29, 1.82) is 0 Å². The third-order valence-electron chi connectivity index (χ3n) is 3.49. The second kappa shape index (κ2) is 9.40. The van der Waals surface area contributed by atoms with Crippen LogP contribution in [-0.4, -0.2) is 22.9 Å². The molecule has 1 heterocycles. The number of carbonyl (C=O) groups excluding carboxylic acids is 1. The van der Waals surface area contributed by atoms with E-state index in [-0.39, 0.29) is 5.91 Å². The lowest BCUT2D eigenvalue weighted by Gasteiger charge is -2.11. The fraction of sp³-hybridized carbons (Fsp3) is 0.500. The Balaban J connectivity index is 1.73. The van der Waals surface area contributed by atoms with Gasteiger partial charge in [-0.1, -0.05) is 54.7 Å². The van der Waals surface area contributed by atoms with Gasteiger partial charge in [-0.3, -0.25) is 20.6 Å². The van der Waals surface area contributed by atoms with E-state index in [2.05, 4.69) is 22.8 Å². The van der Waals surface area contributed by atoms with E-state index in [1.807, 2.05) is 12.1 Å². The predicted octanol–water partition coefficient (Wildman–Crippen LogP) is 4.21. The summed E-state index contributed by atoms with van der Waals surface area (Å²) in [6.07, 6.45) is 4.44. The van der Waals surface area contributed by atoms with Gasteiger partial charge in [0.15, 0.2) is 5.17 Å². The maximum Gasteiger partial charge on any atom is 0.238 e. The fourth-order valence-electron chi connectivity index (χ4n) is 2.26. The third kappa shape index (κ3) is 6.24. The molecule has 4 nitrogen and oxygen atoms in total. The van der Waals surface area contributed by atoms with Gasteiger partial charge >= 0.3 is 0 Å². The van der Waals surface area contributed by atoms with Crippen molar-refractivity contribution in [3.8, 4) is 0 Å². The maximum absolute atomic E-state index is 11.7. The van der Waals surface area contributed by atoms with Gasteiger partial charge in [0.1, 0.15) is 0 Å². The molecule has 1 amide bonds. The number of hydrogen-bond acceptors (Lipinski definition) is 4. The lowest BCUT2D eigenvalue weighted by Crippen LogP contribution is -2.39. The van der Waals surface area contributed by atoms with Crippen molar-refractivity contribution in [1.82, 2.24) is 10.9 Å². The van der Waals surface area contributed by atoms with E-state index < -0.39 is 0 Å². The van der Waals surface area contributed by atoms with Gasteiger partial charge in [-0.2, -0.15) is 0 Å². The molecule has 0 fully saturated rings. The van der Waals surface area contributed by atoms with Crippen LogP contribution in [0.3, 0.4) is 0 Å². The summed E-state index contributed by atoms with van der Waals surface area (Å²) in [5.74, 6) is 0.00286. The first-order valence-corrected chi connectivity index (χ1v) is 9.42. The fourth-order valence-corrected chi connectivity index (χ4v) is 3.63. The molecule has 2 N–H and O–H groups in total. The highest BCUT2D eigenvalue weighted by atomic mass is 35.5. The first kappa shape index (κ1) is 18.4. The second-order valence-corrected chi connectivity index (χ2v) is 7.59. The summed E-state index contributed by atoms with van der Waals surface area (Å²) < 4.78 is 0. The molecule has 1 aromatic rings. The van der Waals surface area contributed by atoms with Crippen LogP contribution in [-0.2, 0) is 11.2 Å². The van der Waals surface area contributed by atoms with Crippen LogP contribution >= 0.6 is 35.0 Å². The molecule has 0 aromatic heterocycles. The zero-order valence-corrected chi connectivity index (χ0v) is 15.4. The molecule has 126 valence electrons. The van der Waals surface area contributed by atoms with E-state index >= 15 is 0 Å². The summed E-state index contributed by atoms with van der Waals surface area (Å²) in [5, 5.41) is 2.45. The monoisotopic (exact) mass is 373 g/mol. The summed E-state index contributed by atoms with van der Waals surface area (Å²) in [4.78, 5) is 16.1. The molecular weight excluding hydrogens is 353 g/mol. The lowest BCUT2D eigenvalue weighted by molar-refractivity contribution is -0.121. The zero-order valence-electron chi connectivity index (χ0n) is 13.1. The minimum atomic E-state index is 0.00286. The first-order valence-electron chi connectivity index (χ1n) is 7.78. The topological polar surface area (TPSA) is 53.5 Å². The van der Waals surface area contributed by atoms with Crippen molar-refractivity contribution >= 4 is 46.0 Å². The Labute approximate surface area is 151 Å². The normalized spacial score (nSPS) is 17.0. The van der Waals surface area contributed by atoms with E-state index in [1.165, 1.54) is 0 Å². The molecular formula is C16H21Cl2N3OS. The largest absolute Gasteiger partial charge is 0.277 e. The molecule has 1 aliphatic rings. The Hall–Kier alpha value is -0.910. The van der Waals surface area contributed by atoms with Gasteiger partial charge in [0.05, 0.1) is 6.54 Å². The standard InChI is InChI=1S/C16H21Cl2N3OS/c1-2-3-4-5-15(22)20-21-16-19-10-13(23-16)9-11-8-12(17)6-7-14(11)18/h6-8,13H,2-5,9-10H2,1H3,(H,19,21)(H,20,22)/t13-/m1/s1. The summed E-state index contributed by atoms with van der Waals surface area (Å²) in [6.45, 7) is 2.81. The van der Waals surface area contributed by atoms with Gasteiger partial charge in [-0.25, -0.2) is 0 Å². The first-order chi connectivity index (χ1) is 11.1. The van der Waals surface area contributed by atoms with Crippen LogP contribution in [0.25, 0.3) is 0 Å². The Kier molecular flexibility index (Phi) is 7.53. The molecule has 23 heavy (non-hydrogen) atoms. The molecule has 0 saturated heterocycles. The Morgan fingerprint density at radius 3 is 3.00 bits per heavy atom. The number of nitrogens with one attached hydrogen (secondary N) is 2. The Morgan fingerprint density at radius 1 is 1.39 bits per heavy atom. The van der Waals surface area contributed by atoms with Crippen molar-refractivity contribution in [2.24, 2.45) is 4.99 Å². The van der Waals surface area contributed by atoms with E-state index in [0.717, 1.165) is 41.4 Å². The van der Waals surface area contributed by atoms with E-state index in [4.69, 9.17) is 23.2 Å². The highest BCUT2D eigenvalue weighted by Crippen LogP contribution is 2.28. The van der Waals surface area contributed by atoms with E-state index in [1.54, 1.807) is 17.8 Å². The van der Waals surface area contributed by atoms with Crippen LogP contribution < -0.4 is 10.9 Å². The Bertz CT molecular complexity index is 580. The number of hydrazine groups is 1. The molecule has 0 spiro atoms. The van der Waals surface area contributed by atoms with Gasteiger partial charge < -0.3 is 0 Å². The molecule has 0 saturated carbocycles. The number of rotatable bonds is 6. The molecule has 0 unspecified atom stereocenters. The number of halogens is 2. The second-order valence-electron chi connectivity index (χ2n) is 5.46. The quantitative estimate of drug-likeness (QED) is 0.579. The van der Waals surface area contributed by atoms with Crippen LogP contribution in [0, 0.1) is 0 Å². The number of hydrogen-bond donors (Lipinski definition) is 2. The molecule has 0 bridgehead atoms. The van der Waals surface area contributed by atoms with Crippen molar-refractivity contribution in [2.45, 2.75) is 44.3 Å². The highest BCUT2D eigenvalue weighted by molar-refractivity contribution is 8.14. The van der Waals surface area contributed by atoms with Crippen molar-refractivity contribution < 1.29 is 4.79 Å². The number of amides is 1. The van der Waals surface area contributed by atoms with Crippen LogP contribution in [0.2, 0.25) is 10.0 Å². The van der Waals surface area contributed by atoms with Gasteiger partial charge in [0, 0.05) is 21.7 Å². The summed E-state index contributed by atoms with van der Waals surface area (Å²) in [5.41, 5.74) is 6.63. The molecule has 2 rings (SSSR count). The molecule has 1 aromatic carbocycles. The summed E-state index contributed by atoms with van der Waals surface area (Å²) in [7, 11) is 0. The van der Waals surface area contributed by atoms with Crippen LogP contribution in [0.4, 0.5) is 0 Å². The lowest BCUT2D eigenvalue weighted by atomic mass is 10.1. The number of carbonyl (C=O) groups is 1. The Morgan fingerprint density at radius 2 is 2.22 bits per heavy atom. The predicted molar refractivity (Wildman–Crippen MR) is 99.3 cm³/mol. The van der Waals surface area contributed by atoms with Crippen molar-refractivity contribution in [3.05, 3.63) is 33.8 Å². The van der Waals surface area contributed by atoms with E-state index in [0.29, 0.717) is 23.2 Å². The van der Waals surface area contributed by atoms with Gasteiger partial charge in [-0.15, -0.1) is 0 Å². The van der Waals surface area contributed by atoms with Gasteiger partial charge in [0.25, 0.3) is 0 Å². The average molecular weight is 374 g/mol. The number of aliphatic imine (C=N–C) groups is 1. The molecule has 0 radical (unpaired) electrons. The minimum absolute atomic E-state index is 0.00286. The molecule has 1 atom stereocenters. The number of nitrogens with zero attached hydrogens (tertiary/aromatic N) is 1. The van der Waals surface area contributed by atoms with Gasteiger partial charge in [-0.05, 0) is 36.6 Å². The van der Waals surface area contributed by atoms with Gasteiger partial charge in [0.2, 0.25) is 5.91 Å². The van der Waals surface area contributed by atoms with Crippen molar-refractivity contribution in [3.63, 3.8) is 0 Å². The highest BCUT2D eigenvalue weighted by Gasteiger charge is 2.21.